The third-order valence-corrected chi connectivity index (χ3v) is 1.53. The summed E-state index contributed by atoms with van der Waals surface area (Å²) in [6.45, 7) is 3.62. The lowest BCUT2D eigenvalue weighted by Crippen LogP contribution is -2.16. The van der Waals surface area contributed by atoms with Crippen molar-refractivity contribution in [2.45, 2.75) is 13.5 Å². The number of rotatable bonds is 6. The van der Waals surface area contributed by atoms with Crippen molar-refractivity contribution >= 4 is 0 Å². The first-order chi connectivity index (χ1) is 6.33. The maximum atomic E-state index is 5.32. The van der Waals surface area contributed by atoms with Crippen LogP contribution in [0.5, 0.6) is 0 Å². The summed E-state index contributed by atoms with van der Waals surface area (Å²) >= 11 is 0. The van der Waals surface area contributed by atoms with Crippen molar-refractivity contribution < 1.29 is 14.0 Å². The summed E-state index contributed by atoms with van der Waals surface area (Å²) in [4.78, 5) is 5.05. The van der Waals surface area contributed by atoms with Gasteiger partial charge in [-0.15, -0.1) is 0 Å². The van der Waals surface area contributed by atoms with E-state index in [1.165, 1.54) is 0 Å². The lowest BCUT2D eigenvalue weighted by Gasteiger charge is -2.02. The monoisotopic (exact) mass is 185 g/mol. The molecule has 0 amide bonds. The van der Waals surface area contributed by atoms with Gasteiger partial charge in [-0.25, -0.2) is 0 Å². The Morgan fingerprint density at radius 1 is 1.38 bits per heavy atom. The van der Waals surface area contributed by atoms with Gasteiger partial charge in [0.15, 0.2) is 0 Å². The minimum Gasteiger partial charge on any atom is -0.465 e. The van der Waals surface area contributed by atoms with Crippen molar-refractivity contribution in [3.05, 3.63) is 23.7 Å². The molecule has 0 unspecified atom stereocenters. The van der Waals surface area contributed by atoms with Crippen LogP contribution < -0.4 is 5.48 Å². The van der Waals surface area contributed by atoms with E-state index in [4.69, 9.17) is 14.0 Å². The summed E-state index contributed by atoms with van der Waals surface area (Å²) in [6.07, 6.45) is 0. The Hall–Kier alpha value is -0.840. The fourth-order valence-corrected chi connectivity index (χ4v) is 0.899. The Balaban J connectivity index is 2.06. The Bertz CT molecular complexity index is 235. The zero-order valence-electron chi connectivity index (χ0n) is 8.00. The van der Waals surface area contributed by atoms with E-state index in [-0.39, 0.29) is 0 Å². The molecule has 0 radical (unpaired) electrons. The molecular formula is C9H15NO3. The highest BCUT2D eigenvalue weighted by Gasteiger charge is 1.96. The van der Waals surface area contributed by atoms with Crippen molar-refractivity contribution in [2.24, 2.45) is 0 Å². The molecule has 4 heteroatoms. The fraction of sp³-hybridized carbons (Fsp3) is 0.556. The Morgan fingerprint density at radius 3 is 2.85 bits per heavy atom. The maximum absolute atomic E-state index is 5.32. The van der Waals surface area contributed by atoms with Crippen LogP contribution in [-0.4, -0.2) is 20.3 Å². The van der Waals surface area contributed by atoms with Gasteiger partial charge in [-0.2, -0.15) is 5.48 Å². The first-order valence-electron chi connectivity index (χ1n) is 4.22. The van der Waals surface area contributed by atoms with Gasteiger partial charge in [0.2, 0.25) is 0 Å². The van der Waals surface area contributed by atoms with E-state index in [0.717, 1.165) is 11.5 Å². The predicted octanol–water partition coefficient (Wildman–Crippen LogP) is 1.26. The van der Waals surface area contributed by atoms with E-state index >= 15 is 0 Å². The molecule has 0 saturated carbocycles. The smallest absolute Gasteiger partial charge is 0.120 e. The number of methoxy groups -OCH3 is 1. The zero-order chi connectivity index (χ0) is 9.52. The molecular weight excluding hydrogens is 170 g/mol. The standard InChI is InChI=1S/C9H15NO3/c1-8-3-4-9(13-8)7-10-12-6-5-11-2/h3-4,10H,5-7H2,1-2H3. The third-order valence-electron chi connectivity index (χ3n) is 1.53. The van der Waals surface area contributed by atoms with Crippen LogP contribution in [-0.2, 0) is 16.1 Å². The second-order valence-electron chi connectivity index (χ2n) is 2.67. The molecule has 0 atom stereocenters. The van der Waals surface area contributed by atoms with Crippen LogP contribution in [0, 0.1) is 6.92 Å². The zero-order valence-corrected chi connectivity index (χ0v) is 8.00. The molecule has 0 bridgehead atoms. The van der Waals surface area contributed by atoms with Gasteiger partial charge in [0.1, 0.15) is 11.5 Å². The molecule has 4 nitrogen and oxygen atoms in total. The van der Waals surface area contributed by atoms with Gasteiger partial charge < -0.3 is 9.15 Å². The van der Waals surface area contributed by atoms with Crippen LogP contribution in [0.3, 0.4) is 0 Å². The molecule has 0 aliphatic heterocycles. The maximum Gasteiger partial charge on any atom is 0.120 e. The molecule has 0 aromatic carbocycles. The van der Waals surface area contributed by atoms with Crippen LogP contribution in [0.25, 0.3) is 0 Å². The van der Waals surface area contributed by atoms with Crippen LogP contribution >= 0.6 is 0 Å². The van der Waals surface area contributed by atoms with E-state index in [1.54, 1.807) is 7.11 Å². The first kappa shape index (κ1) is 10.2. The van der Waals surface area contributed by atoms with E-state index in [9.17, 15) is 0 Å². The highest BCUT2D eigenvalue weighted by molar-refractivity contribution is 5.04. The average molecular weight is 185 g/mol. The van der Waals surface area contributed by atoms with E-state index in [2.05, 4.69) is 5.48 Å². The van der Waals surface area contributed by atoms with Crippen molar-refractivity contribution in [1.82, 2.24) is 5.48 Å². The molecule has 0 spiro atoms. The fourth-order valence-electron chi connectivity index (χ4n) is 0.899. The number of hydrogen-bond donors (Lipinski definition) is 1. The van der Waals surface area contributed by atoms with Crippen LogP contribution in [0.15, 0.2) is 16.5 Å². The largest absolute Gasteiger partial charge is 0.465 e. The molecule has 1 aromatic rings. The van der Waals surface area contributed by atoms with Gasteiger partial charge in [0.05, 0.1) is 19.8 Å². The number of nitrogens with one attached hydrogen (secondary N) is 1. The Kier molecular flexibility index (Phi) is 4.53. The van der Waals surface area contributed by atoms with Gasteiger partial charge in [-0.3, -0.25) is 4.84 Å². The normalized spacial score (nSPS) is 10.6. The van der Waals surface area contributed by atoms with Gasteiger partial charge in [0, 0.05) is 7.11 Å². The van der Waals surface area contributed by atoms with Gasteiger partial charge >= 0.3 is 0 Å². The van der Waals surface area contributed by atoms with E-state index in [1.807, 2.05) is 19.1 Å². The predicted molar refractivity (Wildman–Crippen MR) is 48.1 cm³/mol. The average Bonchev–Trinajstić information content (AvgIpc) is 2.51. The van der Waals surface area contributed by atoms with Crippen molar-refractivity contribution in [3.63, 3.8) is 0 Å². The van der Waals surface area contributed by atoms with Crippen molar-refractivity contribution in [1.29, 1.82) is 0 Å². The highest BCUT2D eigenvalue weighted by atomic mass is 16.7. The molecule has 74 valence electrons. The molecule has 1 rings (SSSR count). The van der Waals surface area contributed by atoms with Crippen molar-refractivity contribution in [2.75, 3.05) is 20.3 Å². The Labute approximate surface area is 77.8 Å². The summed E-state index contributed by atoms with van der Waals surface area (Å²) in [5, 5.41) is 0. The minimum atomic E-state index is 0.538. The summed E-state index contributed by atoms with van der Waals surface area (Å²) in [7, 11) is 1.64. The summed E-state index contributed by atoms with van der Waals surface area (Å²) in [5.74, 6) is 1.78. The van der Waals surface area contributed by atoms with Crippen LogP contribution in [0.2, 0.25) is 0 Å². The lowest BCUT2D eigenvalue weighted by atomic mass is 10.4. The molecule has 1 heterocycles. The molecule has 0 aliphatic rings. The highest BCUT2D eigenvalue weighted by Crippen LogP contribution is 2.04. The number of ether oxygens (including phenoxy) is 1. The number of furan rings is 1. The van der Waals surface area contributed by atoms with Gasteiger partial charge in [-0.1, -0.05) is 0 Å². The number of hydrogen-bond acceptors (Lipinski definition) is 4. The Morgan fingerprint density at radius 2 is 2.23 bits per heavy atom. The molecule has 1 aromatic heterocycles. The lowest BCUT2D eigenvalue weighted by molar-refractivity contribution is 0.000959. The van der Waals surface area contributed by atoms with Crippen molar-refractivity contribution in [3.8, 4) is 0 Å². The number of aryl methyl sites for hydroxylation is 1. The number of hydroxylamine groups is 1. The molecule has 0 saturated heterocycles. The molecule has 0 fully saturated rings. The second kappa shape index (κ2) is 5.75. The second-order valence-corrected chi connectivity index (χ2v) is 2.67. The van der Waals surface area contributed by atoms with Crippen LogP contribution in [0.1, 0.15) is 11.5 Å². The van der Waals surface area contributed by atoms with Gasteiger partial charge in [0.25, 0.3) is 0 Å². The summed E-state index contributed by atoms with van der Waals surface area (Å²) in [6, 6.07) is 3.84. The molecule has 1 N–H and O–H groups in total. The first-order valence-corrected chi connectivity index (χ1v) is 4.22. The van der Waals surface area contributed by atoms with E-state index < -0.39 is 0 Å². The SMILES string of the molecule is COCCONCc1ccc(C)o1. The van der Waals surface area contributed by atoms with Crippen LogP contribution in [0.4, 0.5) is 0 Å². The topological polar surface area (TPSA) is 43.6 Å². The quantitative estimate of drug-likeness (QED) is 0.535. The summed E-state index contributed by atoms with van der Waals surface area (Å²) in [5.41, 5.74) is 2.78. The molecule has 13 heavy (non-hydrogen) atoms. The van der Waals surface area contributed by atoms with Gasteiger partial charge in [-0.05, 0) is 19.1 Å². The third kappa shape index (κ3) is 4.07. The molecule has 0 aliphatic carbocycles. The summed E-state index contributed by atoms with van der Waals surface area (Å²) < 4.78 is 10.1. The van der Waals surface area contributed by atoms with E-state index in [0.29, 0.717) is 19.8 Å². The minimum absolute atomic E-state index is 0.538.